The first-order chi connectivity index (χ1) is 2.89. The van der Waals surface area contributed by atoms with Crippen LogP contribution in [0.4, 0.5) is 0 Å². The molecule has 0 aromatic carbocycles. The van der Waals surface area contributed by atoms with Crippen LogP contribution in [0.25, 0.3) is 0 Å². The van der Waals surface area contributed by atoms with Crippen molar-refractivity contribution in [3.63, 3.8) is 0 Å². The Bertz CT molecular complexity index is 40.8. The van der Waals surface area contributed by atoms with Crippen molar-refractivity contribution in [3.05, 3.63) is 5.25 Å². The molecule has 0 bridgehead atoms. The summed E-state index contributed by atoms with van der Waals surface area (Å²) in [6, 6.07) is 0. The summed E-state index contributed by atoms with van der Waals surface area (Å²) in [6.07, 6.45) is 1.16. The summed E-state index contributed by atoms with van der Waals surface area (Å²) in [6.45, 7) is 2.14. The van der Waals surface area contributed by atoms with E-state index < -0.39 is 0 Å². The number of hydrogen-bond donors (Lipinski definition) is 2. The lowest BCUT2D eigenvalue weighted by atomic mass is 10.4. The zero-order valence-corrected chi connectivity index (χ0v) is 4.46. The third-order valence-electron chi connectivity index (χ3n) is 0.919. The van der Waals surface area contributed by atoms with Crippen LogP contribution in [0.2, 0.25) is 0 Å². The first kappa shape index (κ1) is 4.47. The molecule has 1 rings (SSSR count). The van der Waals surface area contributed by atoms with Gasteiger partial charge in [-0.05, 0) is 6.54 Å². The van der Waals surface area contributed by atoms with E-state index in [1.807, 2.05) is 0 Å². The van der Waals surface area contributed by atoms with Crippen molar-refractivity contribution in [1.29, 1.82) is 0 Å². The Balaban J connectivity index is 2.18. The smallest absolute Gasteiger partial charge is 0.0339 e. The molecule has 36 valence electrons. The predicted octanol–water partition coefficient (Wildman–Crippen LogP) is 0.441. The van der Waals surface area contributed by atoms with E-state index in [9.17, 15) is 0 Å². The van der Waals surface area contributed by atoms with Gasteiger partial charge >= 0.3 is 0 Å². The third-order valence-corrected chi connectivity index (χ3v) is 1.30. The predicted molar refractivity (Wildman–Crippen MR) is 29.7 cm³/mol. The van der Waals surface area contributed by atoms with Crippen molar-refractivity contribution < 1.29 is 0 Å². The molecule has 1 nitrogen and oxygen atoms in total. The zero-order chi connectivity index (χ0) is 4.41. The highest BCUT2D eigenvalue weighted by molar-refractivity contribution is 7.83. The van der Waals surface area contributed by atoms with Crippen molar-refractivity contribution in [3.8, 4) is 0 Å². The molecule has 1 saturated heterocycles. The summed E-state index contributed by atoms with van der Waals surface area (Å²) in [5.74, 6) is 0. The summed E-state index contributed by atoms with van der Waals surface area (Å²) in [5.41, 5.74) is 0. The second-order valence-electron chi connectivity index (χ2n) is 1.49. The van der Waals surface area contributed by atoms with Crippen molar-refractivity contribution in [2.45, 2.75) is 6.42 Å². The fraction of sp³-hybridized carbons (Fsp3) is 0.750. The van der Waals surface area contributed by atoms with E-state index in [1.54, 1.807) is 0 Å². The summed E-state index contributed by atoms with van der Waals surface area (Å²) >= 11 is 4.15. The van der Waals surface area contributed by atoms with Crippen molar-refractivity contribution in [2.24, 2.45) is 0 Å². The SMILES string of the molecule is S[C-]1CCNC1. The van der Waals surface area contributed by atoms with E-state index in [4.69, 9.17) is 0 Å². The van der Waals surface area contributed by atoms with Gasteiger partial charge in [0.2, 0.25) is 0 Å². The van der Waals surface area contributed by atoms with Crippen LogP contribution in [0.3, 0.4) is 0 Å². The second-order valence-corrected chi connectivity index (χ2v) is 2.13. The molecular weight excluding hydrogens is 94.1 g/mol. The van der Waals surface area contributed by atoms with E-state index in [2.05, 4.69) is 17.9 Å². The molecule has 0 unspecified atom stereocenters. The van der Waals surface area contributed by atoms with Crippen LogP contribution in [0.5, 0.6) is 0 Å². The van der Waals surface area contributed by atoms with Gasteiger partial charge in [0.25, 0.3) is 0 Å². The number of nitrogens with one attached hydrogen (secondary N) is 1. The topological polar surface area (TPSA) is 12.0 Å². The van der Waals surface area contributed by atoms with Crippen LogP contribution in [0.1, 0.15) is 6.42 Å². The van der Waals surface area contributed by atoms with E-state index in [1.165, 1.54) is 5.25 Å². The molecule has 0 radical (unpaired) electrons. The Morgan fingerprint density at radius 3 is 2.67 bits per heavy atom. The monoisotopic (exact) mass is 102 g/mol. The Morgan fingerprint density at radius 2 is 2.50 bits per heavy atom. The van der Waals surface area contributed by atoms with Crippen molar-refractivity contribution >= 4 is 12.6 Å². The fourth-order valence-electron chi connectivity index (χ4n) is 0.554. The molecule has 0 atom stereocenters. The van der Waals surface area contributed by atoms with Crippen LogP contribution >= 0.6 is 12.6 Å². The van der Waals surface area contributed by atoms with Crippen LogP contribution < -0.4 is 5.32 Å². The molecule has 1 N–H and O–H groups in total. The third kappa shape index (κ3) is 0.884. The zero-order valence-electron chi connectivity index (χ0n) is 3.57. The normalized spacial score (nSPS) is 25.5. The van der Waals surface area contributed by atoms with E-state index in [0.717, 1.165) is 19.5 Å². The molecular formula is C4H8NS-. The maximum Gasteiger partial charge on any atom is -0.0339 e. The first-order valence-electron chi connectivity index (χ1n) is 2.14. The molecule has 0 spiro atoms. The van der Waals surface area contributed by atoms with Crippen molar-refractivity contribution in [1.82, 2.24) is 5.32 Å². The molecule has 0 saturated carbocycles. The van der Waals surface area contributed by atoms with Gasteiger partial charge in [-0.15, -0.1) is 6.54 Å². The molecule has 1 aliphatic rings. The summed E-state index contributed by atoms with van der Waals surface area (Å²) in [7, 11) is 0. The average Bonchev–Trinajstić information content (AvgIpc) is 1.86. The fourth-order valence-corrected chi connectivity index (χ4v) is 0.777. The highest BCUT2D eigenvalue weighted by atomic mass is 32.1. The highest BCUT2D eigenvalue weighted by Gasteiger charge is 1.93. The summed E-state index contributed by atoms with van der Waals surface area (Å²) in [4.78, 5) is 0. The highest BCUT2D eigenvalue weighted by Crippen LogP contribution is 2.12. The lowest BCUT2D eigenvalue weighted by Gasteiger charge is -2.08. The summed E-state index contributed by atoms with van der Waals surface area (Å²) in [5, 5.41) is 4.45. The van der Waals surface area contributed by atoms with Crippen LogP contribution in [0, 0.1) is 5.25 Å². The molecule has 0 aromatic rings. The molecule has 0 aromatic heterocycles. The number of hydrogen-bond acceptors (Lipinski definition) is 2. The summed E-state index contributed by atoms with van der Waals surface area (Å²) < 4.78 is 0. The Morgan fingerprint density at radius 1 is 1.67 bits per heavy atom. The van der Waals surface area contributed by atoms with Gasteiger partial charge in [-0.3, -0.25) is 0 Å². The maximum absolute atomic E-state index is 4.15. The van der Waals surface area contributed by atoms with Gasteiger partial charge in [0.15, 0.2) is 0 Å². The lowest BCUT2D eigenvalue weighted by Crippen LogP contribution is -2.05. The Hall–Kier alpha value is 0.310. The maximum atomic E-state index is 4.15. The van der Waals surface area contributed by atoms with Gasteiger partial charge in [0.05, 0.1) is 0 Å². The number of rotatable bonds is 0. The van der Waals surface area contributed by atoms with Crippen LogP contribution in [-0.4, -0.2) is 13.1 Å². The molecule has 1 fully saturated rings. The average molecular weight is 102 g/mol. The minimum atomic E-state index is 1.02. The van der Waals surface area contributed by atoms with Gasteiger partial charge in [-0.25, -0.2) is 5.25 Å². The standard InChI is InChI=1S/C4H8NS/c6-4-1-2-5-3-4/h5-6H,1-3H2/q-1. The molecule has 1 heterocycles. The van der Waals surface area contributed by atoms with Gasteiger partial charge in [0, 0.05) is 0 Å². The molecule has 2 heteroatoms. The van der Waals surface area contributed by atoms with Crippen LogP contribution in [0.15, 0.2) is 0 Å². The lowest BCUT2D eigenvalue weighted by molar-refractivity contribution is 0.862. The van der Waals surface area contributed by atoms with Crippen molar-refractivity contribution in [2.75, 3.05) is 13.1 Å². The minimum absolute atomic E-state index is 1.02. The van der Waals surface area contributed by atoms with E-state index >= 15 is 0 Å². The van der Waals surface area contributed by atoms with Gasteiger partial charge < -0.3 is 17.9 Å². The molecule has 1 aliphatic heterocycles. The molecule has 0 aliphatic carbocycles. The van der Waals surface area contributed by atoms with Gasteiger partial charge in [-0.1, -0.05) is 0 Å². The second kappa shape index (κ2) is 1.85. The Labute approximate surface area is 43.5 Å². The molecule has 6 heavy (non-hydrogen) atoms. The first-order valence-corrected chi connectivity index (χ1v) is 2.59. The minimum Gasteiger partial charge on any atom is -0.365 e. The van der Waals surface area contributed by atoms with E-state index in [-0.39, 0.29) is 0 Å². The Kier molecular flexibility index (Phi) is 1.37. The van der Waals surface area contributed by atoms with Gasteiger partial charge in [-0.2, -0.15) is 6.42 Å². The van der Waals surface area contributed by atoms with Gasteiger partial charge in [0.1, 0.15) is 0 Å². The largest absolute Gasteiger partial charge is 0.365 e. The molecule has 0 amide bonds. The van der Waals surface area contributed by atoms with Crippen LogP contribution in [-0.2, 0) is 0 Å². The quantitative estimate of drug-likeness (QED) is 0.334. The van der Waals surface area contributed by atoms with E-state index in [0.29, 0.717) is 0 Å². The number of thiol groups is 1.